The molecule has 0 amide bonds. The van der Waals surface area contributed by atoms with Crippen molar-refractivity contribution >= 4 is 5.78 Å². The number of benzene rings is 1. The summed E-state index contributed by atoms with van der Waals surface area (Å²) >= 11 is 0. The highest BCUT2D eigenvalue weighted by Gasteiger charge is 2.38. The molecular formula is C16H23NO. The van der Waals surface area contributed by atoms with Gasteiger partial charge in [-0.05, 0) is 38.3 Å². The van der Waals surface area contributed by atoms with Crippen molar-refractivity contribution in [3.63, 3.8) is 0 Å². The first-order valence-electron chi connectivity index (χ1n) is 6.96. The van der Waals surface area contributed by atoms with Crippen LogP contribution in [0, 0.1) is 5.92 Å². The van der Waals surface area contributed by atoms with E-state index in [1.54, 1.807) is 6.92 Å². The highest BCUT2D eigenvalue weighted by Crippen LogP contribution is 2.34. The van der Waals surface area contributed by atoms with E-state index in [1.165, 1.54) is 5.56 Å². The van der Waals surface area contributed by atoms with E-state index in [1.807, 2.05) is 6.07 Å². The first kappa shape index (κ1) is 13.3. The zero-order valence-electron chi connectivity index (χ0n) is 11.6. The van der Waals surface area contributed by atoms with Crippen LogP contribution in [0.2, 0.25) is 0 Å². The highest BCUT2D eigenvalue weighted by atomic mass is 16.1. The number of nitrogens with zero attached hydrogens (tertiary/aromatic N) is 1. The molecular weight excluding hydrogens is 222 g/mol. The van der Waals surface area contributed by atoms with Gasteiger partial charge in [0.25, 0.3) is 0 Å². The quantitative estimate of drug-likeness (QED) is 0.810. The van der Waals surface area contributed by atoms with Crippen LogP contribution in [0.15, 0.2) is 30.3 Å². The van der Waals surface area contributed by atoms with Crippen LogP contribution in [0.1, 0.15) is 45.2 Å². The molecule has 2 nitrogen and oxygen atoms in total. The van der Waals surface area contributed by atoms with E-state index in [0.29, 0.717) is 17.7 Å². The molecule has 1 aliphatic rings. The largest absolute Gasteiger partial charge is 0.298 e. The van der Waals surface area contributed by atoms with Crippen molar-refractivity contribution in [3.8, 4) is 0 Å². The topological polar surface area (TPSA) is 20.3 Å². The Balaban J connectivity index is 2.20. The lowest BCUT2D eigenvalue weighted by Gasteiger charge is -2.31. The van der Waals surface area contributed by atoms with E-state index in [9.17, 15) is 4.79 Å². The van der Waals surface area contributed by atoms with Gasteiger partial charge in [-0.25, -0.2) is 0 Å². The number of likely N-dealkylation sites (tertiary alicyclic amines) is 1. The Morgan fingerprint density at radius 3 is 2.61 bits per heavy atom. The first-order valence-corrected chi connectivity index (χ1v) is 6.96. The van der Waals surface area contributed by atoms with Crippen LogP contribution >= 0.6 is 0 Å². The van der Waals surface area contributed by atoms with Crippen LogP contribution in [-0.2, 0) is 4.79 Å². The average Bonchev–Trinajstić information content (AvgIpc) is 2.82. The summed E-state index contributed by atoms with van der Waals surface area (Å²) in [7, 11) is 0. The van der Waals surface area contributed by atoms with Crippen LogP contribution in [0.3, 0.4) is 0 Å². The standard InChI is InChI=1S/C16H23NO/c1-4-14-10-11-17(16(14)13(3)18)12(2)15-8-6-5-7-9-15/h5-9,12,14,16H,4,10-11H2,1-3H3/t12-,14+,16+/m1/s1. The molecule has 3 atom stereocenters. The summed E-state index contributed by atoms with van der Waals surface area (Å²) in [6, 6.07) is 10.9. The van der Waals surface area contributed by atoms with Gasteiger partial charge in [0.15, 0.2) is 0 Å². The van der Waals surface area contributed by atoms with E-state index in [4.69, 9.17) is 0 Å². The van der Waals surface area contributed by atoms with Crippen molar-refractivity contribution in [2.75, 3.05) is 6.54 Å². The third kappa shape index (κ3) is 2.49. The first-order chi connectivity index (χ1) is 8.65. The summed E-state index contributed by atoms with van der Waals surface area (Å²) in [6.45, 7) is 7.18. The average molecular weight is 245 g/mol. The fourth-order valence-corrected chi connectivity index (χ4v) is 3.23. The SMILES string of the molecule is CC[C@H]1CCN([C@H](C)c2ccccc2)[C@H]1C(C)=O. The molecule has 0 N–H and O–H groups in total. The van der Waals surface area contributed by atoms with Gasteiger partial charge in [-0.15, -0.1) is 0 Å². The summed E-state index contributed by atoms with van der Waals surface area (Å²) in [5.41, 5.74) is 1.31. The molecule has 2 rings (SSSR count). The summed E-state index contributed by atoms with van der Waals surface area (Å²) in [6.07, 6.45) is 2.25. The second-order valence-electron chi connectivity index (χ2n) is 5.34. The molecule has 1 aromatic carbocycles. The lowest BCUT2D eigenvalue weighted by molar-refractivity contribution is -0.123. The second-order valence-corrected chi connectivity index (χ2v) is 5.34. The van der Waals surface area contributed by atoms with Crippen molar-refractivity contribution in [3.05, 3.63) is 35.9 Å². The smallest absolute Gasteiger partial charge is 0.147 e. The lowest BCUT2D eigenvalue weighted by atomic mass is 9.94. The van der Waals surface area contributed by atoms with Gasteiger partial charge < -0.3 is 0 Å². The fourth-order valence-electron chi connectivity index (χ4n) is 3.23. The Kier molecular flexibility index (Phi) is 4.18. The third-order valence-electron chi connectivity index (χ3n) is 4.28. The summed E-state index contributed by atoms with van der Waals surface area (Å²) in [5.74, 6) is 0.857. The van der Waals surface area contributed by atoms with Gasteiger partial charge in [0, 0.05) is 6.04 Å². The van der Waals surface area contributed by atoms with Crippen LogP contribution in [-0.4, -0.2) is 23.3 Å². The molecule has 18 heavy (non-hydrogen) atoms. The van der Waals surface area contributed by atoms with E-state index in [2.05, 4.69) is 43.0 Å². The lowest BCUT2D eigenvalue weighted by Crippen LogP contribution is -2.39. The Labute approximate surface area is 110 Å². The molecule has 0 bridgehead atoms. The summed E-state index contributed by atoms with van der Waals surface area (Å²) in [4.78, 5) is 14.3. The van der Waals surface area contributed by atoms with E-state index in [-0.39, 0.29) is 6.04 Å². The van der Waals surface area contributed by atoms with Crippen LogP contribution in [0.4, 0.5) is 0 Å². The third-order valence-corrected chi connectivity index (χ3v) is 4.28. The second kappa shape index (κ2) is 5.66. The molecule has 0 radical (unpaired) electrons. The minimum absolute atomic E-state index is 0.116. The van der Waals surface area contributed by atoms with Gasteiger partial charge in [0.2, 0.25) is 0 Å². The molecule has 1 aliphatic heterocycles. The van der Waals surface area contributed by atoms with Crippen molar-refractivity contribution in [1.82, 2.24) is 4.90 Å². The summed E-state index contributed by atoms with van der Waals surface area (Å²) < 4.78 is 0. The molecule has 0 unspecified atom stereocenters. The molecule has 0 spiro atoms. The summed E-state index contributed by atoms with van der Waals surface area (Å²) in [5, 5.41) is 0. The van der Waals surface area contributed by atoms with Gasteiger partial charge in [-0.1, -0.05) is 43.7 Å². The van der Waals surface area contributed by atoms with Crippen LogP contribution in [0.5, 0.6) is 0 Å². The van der Waals surface area contributed by atoms with Crippen molar-refractivity contribution in [1.29, 1.82) is 0 Å². The maximum absolute atomic E-state index is 11.9. The molecule has 98 valence electrons. The number of carbonyl (C=O) groups excluding carboxylic acids is 1. The normalized spacial score (nSPS) is 26.2. The van der Waals surface area contributed by atoms with Gasteiger partial charge in [0.05, 0.1) is 6.04 Å². The van der Waals surface area contributed by atoms with Gasteiger partial charge >= 0.3 is 0 Å². The van der Waals surface area contributed by atoms with E-state index >= 15 is 0 Å². The van der Waals surface area contributed by atoms with Crippen LogP contribution < -0.4 is 0 Å². The van der Waals surface area contributed by atoms with Crippen molar-refractivity contribution in [2.45, 2.75) is 45.7 Å². The molecule has 0 saturated carbocycles. The molecule has 1 aromatic rings. The predicted octanol–water partition coefficient (Wildman–Crippen LogP) is 3.44. The monoisotopic (exact) mass is 245 g/mol. The zero-order chi connectivity index (χ0) is 13.1. The van der Waals surface area contributed by atoms with Gasteiger partial charge in [-0.3, -0.25) is 9.69 Å². The van der Waals surface area contributed by atoms with Crippen molar-refractivity contribution in [2.24, 2.45) is 5.92 Å². The number of rotatable bonds is 4. The van der Waals surface area contributed by atoms with Gasteiger partial charge in [-0.2, -0.15) is 0 Å². The minimum atomic E-state index is 0.116. The fraction of sp³-hybridized carbons (Fsp3) is 0.562. The molecule has 1 saturated heterocycles. The Morgan fingerprint density at radius 1 is 1.39 bits per heavy atom. The van der Waals surface area contributed by atoms with E-state index in [0.717, 1.165) is 19.4 Å². The number of hydrogen-bond acceptors (Lipinski definition) is 2. The molecule has 2 heteroatoms. The van der Waals surface area contributed by atoms with Crippen molar-refractivity contribution < 1.29 is 4.79 Å². The maximum Gasteiger partial charge on any atom is 0.147 e. The Hall–Kier alpha value is -1.15. The number of ketones is 1. The highest BCUT2D eigenvalue weighted by molar-refractivity contribution is 5.82. The zero-order valence-corrected chi connectivity index (χ0v) is 11.6. The number of carbonyl (C=O) groups is 1. The van der Waals surface area contributed by atoms with Gasteiger partial charge in [0.1, 0.15) is 5.78 Å². The van der Waals surface area contributed by atoms with E-state index < -0.39 is 0 Å². The molecule has 1 fully saturated rings. The number of Topliss-reactive ketones (excluding diaryl/α,β-unsaturated/α-hetero) is 1. The molecule has 0 aliphatic carbocycles. The Morgan fingerprint density at radius 2 is 2.06 bits per heavy atom. The molecule has 0 aromatic heterocycles. The minimum Gasteiger partial charge on any atom is -0.298 e. The molecule has 1 heterocycles. The van der Waals surface area contributed by atoms with Crippen LogP contribution in [0.25, 0.3) is 0 Å². The Bertz CT molecular complexity index is 401. The maximum atomic E-state index is 11.9. The predicted molar refractivity (Wildman–Crippen MR) is 74.4 cm³/mol. The number of hydrogen-bond donors (Lipinski definition) is 0.